The van der Waals surface area contributed by atoms with Gasteiger partial charge in [0, 0.05) is 28.7 Å². The summed E-state index contributed by atoms with van der Waals surface area (Å²) in [5, 5.41) is 9.61. The van der Waals surface area contributed by atoms with Crippen LogP contribution in [0.3, 0.4) is 0 Å². The van der Waals surface area contributed by atoms with Crippen molar-refractivity contribution in [2.24, 2.45) is 0 Å². The molecular weight excluding hydrogens is 264 g/mol. The molecule has 0 bridgehead atoms. The maximum Gasteiger partial charge on any atom is 0.335 e. The van der Waals surface area contributed by atoms with Crippen molar-refractivity contribution in [2.45, 2.75) is 0 Å². The topological polar surface area (TPSA) is 53.1 Å². The normalized spacial score (nSPS) is 10.9. The summed E-state index contributed by atoms with van der Waals surface area (Å²) >= 11 is 0. The molecule has 0 saturated carbocycles. The molecule has 3 aromatic rings. The van der Waals surface area contributed by atoms with Gasteiger partial charge >= 0.3 is 5.97 Å². The average Bonchev–Trinajstić information content (AvgIpc) is 2.80. The second-order valence-electron chi connectivity index (χ2n) is 4.43. The number of benzene rings is 2. The van der Waals surface area contributed by atoms with Crippen LogP contribution < -0.4 is 0 Å². The molecule has 2 aromatic carbocycles. The number of carboxylic acids is 1. The van der Waals surface area contributed by atoms with E-state index in [0.717, 1.165) is 6.07 Å². The van der Waals surface area contributed by atoms with Gasteiger partial charge < -0.3 is 10.1 Å². The Balaban J connectivity index is 2.25. The van der Waals surface area contributed by atoms with Crippen LogP contribution in [0.2, 0.25) is 0 Å². The van der Waals surface area contributed by atoms with Crippen molar-refractivity contribution in [1.82, 2.24) is 4.98 Å². The van der Waals surface area contributed by atoms with Gasteiger partial charge in [-0.3, -0.25) is 0 Å². The van der Waals surface area contributed by atoms with Crippen molar-refractivity contribution in [2.75, 3.05) is 0 Å². The number of fused-ring (bicyclic) bond motifs is 1. The number of rotatable bonds is 2. The van der Waals surface area contributed by atoms with Gasteiger partial charge in [-0.25, -0.2) is 13.6 Å². The maximum absolute atomic E-state index is 13.3. The minimum atomic E-state index is -1.05. The van der Waals surface area contributed by atoms with Gasteiger partial charge in [0.1, 0.15) is 11.6 Å². The number of H-pyrrole nitrogens is 1. The molecule has 0 aliphatic rings. The smallest absolute Gasteiger partial charge is 0.335 e. The van der Waals surface area contributed by atoms with Gasteiger partial charge in [-0.15, -0.1) is 0 Å². The van der Waals surface area contributed by atoms with Crippen LogP contribution in [0.15, 0.2) is 42.6 Å². The van der Waals surface area contributed by atoms with E-state index < -0.39 is 17.6 Å². The number of hydrogen-bond donors (Lipinski definition) is 2. The van der Waals surface area contributed by atoms with E-state index in [1.165, 1.54) is 24.3 Å². The van der Waals surface area contributed by atoms with E-state index in [2.05, 4.69) is 4.98 Å². The molecular formula is C15H9F2NO2. The van der Waals surface area contributed by atoms with E-state index in [-0.39, 0.29) is 5.56 Å². The predicted molar refractivity (Wildman–Crippen MR) is 70.6 cm³/mol. The van der Waals surface area contributed by atoms with Gasteiger partial charge in [0.05, 0.1) is 5.56 Å². The standard InChI is InChI=1S/C15H9F2NO2/c16-10-3-9(4-11(17)6-10)13-7-18-14-2-1-8(15(19)20)5-12(13)14/h1-7,18H,(H,19,20). The molecule has 0 amide bonds. The predicted octanol–water partition coefficient (Wildman–Crippen LogP) is 3.81. The first kappa shape index (κ1) is 12.3. The van der Waals surface area contributed by atoms with E-state index in [1.54, 1.807) is 12.3 Å². The van der Waals surface area contributed by atoms with E-state index in [9.17, 15) is 13.6 Å². The minimum Gasteiger partial charge on any atom is -0.478 e. The molecule has 1 aromatic heterocycles. The van der Waals surface area contributed by atoms with Gasteiger partial charge in [0.25, 0.3) is 0 Å². The number of hydrogen-bond acceptors (Lipinski definition) is 1. The van der Waals surface area contributed by atoms with Gasteiger partial charge in [0.15, 0.2) is 0 Å². The summed E-state index contributed by atoms with van der Waals surface area (Å²) in [6, 6.07) is 7.78. The summed E-state index contributed by atoms with van der Waals surface area (Å²) in [5.41, 5.74) is 1.74. The van der Waals surface area contributed by atoms with Crippen LogP contribution >= 0.6 is 0 Å². The van der Waals surface area contributed by atoms with Crippen LogP contribution in [0.1, 0.15) is 10.4 Å². The number of aromatic amines is 1. The van der Waals surface area contributed by atoms with Crippen molar-refractivity contribution in [3.8, 4) is 11.1 Å². The molecule has 0 fully saturated rings. The molecule has 1 heterocycles. The fourth-order valence-electron chi connectivity index (χ4n) is 2.20. The zero-order valence-electron chi connectivity index (χ0n) is 10.2. The SMILES string of the molecule is O=C(O)c1ccc2[nH]cc(-c3cc(F)cc(F)c3)c2c1. The quantitative estimate of drug-likeness (QED) is 0.746. The summed E-state index contributed by atoms with van der Waals surface area (Å²) in [5.74, 6) is -2.41. The molecule has 0 unspecified atom stereocenters. The van der Waals surface area contributed by atoms with E-state index >= 15 is 0 Å². The fourth-order valence-corrected chi connectivity index (χ4v) is 2.20. The van der Waals surface area contributed by atoms with Crippen LogP contribution in [-0.2, 0) is 0 Å². The second kappa shape index (κ2) is 4.45. The molecule has 0 saturated heterocycles. The van der Waals surface area contributed by atoms with E-state index in [0.29, 0.717) is 22.0 Å². The van der Waals surface area contributed by atoms with Gasteiger partial charge in [-0.2, -0.15) is 0 Å². The van der Waals surface area contributed by atoms with Crippen LogP contribution in [-0.4, -0.2) is 16.1 Å². The van der Waals surface area contributed by atoms with Crippen molar-refractivity contribution in [3.63, 3.8) is 0 Å². The molecule has 0 atom stereocenters. The Kier molecular flexibility index (Phi) is 2.75. The summed E-state index contributed by atoms with van der Waals surface area (Å²) in [6.07, 6.45) is 1.60. The molecule has 20 heavy (non-hydrogen) atoms. The zero-order valence-corrected chi connectivity index (χ0v) is 10.2. The second-order valence-corrected chi connectivity index (χ2v) is 4.43. The Morgan fingerprint density at radius 2 is 1.75 bits per heavy atom. The van der Waals surface area contributed by atoms with Gasteiger partial charge in [0.2, 0.25) is 0 Å². The Labute approximate surface area is 112 Å². The number of halogens is 2. The third kappa shape index (κ3) is 2.03. The maximum atomic E-state index is 13.3. The Hall–Kier alpha value is -2.69. The lowest BCUT2D eigenvalue weighted by Crippen LogP contribution is -1.95. The Morgan fingerprint density at radius 1 is 1.05 bits per heavy atom. The Bertz CT molecular complexity index is 804. The molecule has 0 radical (unpaired) electrons. The van der Waals surface area contributed by atoms with Crippen LogP contribution in [0.25, 0.3) is 22.0 Å². The van der Waals surface area contributed by atoms with E-state index in [4.69, 9.17) is 5.11 Å². The van der Waals surface area contributed by atoms with E-state index in [1.807, 2.05) is 0 Å². The molecule has 0 spiro atoms. The highest BCUT2D eigenvalue weighted by molar-refractivity contribution is 6.00. The first-order chi connectivity index (χ1) is 9.54. The average molecular weight is 273 g/mol. The third-order valence-electron chi connectivity index (χ3n) is 3.10. The first-order valence-electron chi connectivity index (χ1n) is 5.85. The van der Waals surface area contributed by atoms with Crippen molar-refractivity contribution in [1.29, 1.82) is 0 Å². The number of carbonyl (C=O) groups is 1. The van der Waals surface area contributed by atoms with Crippen molar-refractivity contribution >= 4 is 16.9 Å². The summed E-state index contributed by atoms with van der Waals surface area (Å²) in [7, 11) is 0. The Morgan fingerprint density at radius 3 is 2.40 bits per heavy atom. The molecule has 0 aliphatic carbocycles. The highest BCUT2D eigenvalue weighted by atomic mass is 19.1. The van der Waals surface area contributed by atoms with Crippen molar-refractivity contribution < 1.29 is 18.7 Å². The monoisotopic (exact) mass is 273 g/mol. The molecule has 3 rings (SSSR count). The largest absolute Gasteiger partial charge is 0.478 e. The molecule has 3 nitrogen and oxygen atoms in total. The number of carboxylic acid groups (broad SMARTS) is 1. The highest BCUT2D eigenvalue weighted by Gasteiger charge is 2.11. The zero-order chi connectivity index (χ0) is 14.3. The number of aromatic nitrogens is 1. The molecule has 5 heteroatoms. The summed E-state index contributed by atoms with van der Waals surface area (Å²) in [6.45, 7) is 0. The van der Waals surface area contributed by atoms with Crippen molar-refractivity contribution in [3.05, 3.63) is 59.8 Å². The summed E-state index contributed by atoms with van der Waals surface area (Å²) in [4.78, 5) is 13.9. The molecule has 2 N–H and O–H groups in total. The molecule has 0 aliphatic heterocycles. The highest BCUT2D eigenvalue weighted by Crippen LogP contribution is 2.30. The lowest BCUT2D eigenvalue weighted by molar-refractivity contribution is 0.0697. The van der Waals surface area contributed by atoms with Gasteiger partial charge in [-0.05, 0) is 35.9 Å². The van der Waals surface area contributed by atoms with Gasteiger partial charge in [-0.1, -0.05) is 0 Å². The number of aromatic carboxylic acids is 1. The lowest BCUT2D eigenvalue weighted by atomic mass is 10.0. The summed E-state index contributed by atoms with van der Waals surface area (Å²) < 4.78 is 26.6. The molecule has 100 valence electrons. The minimum absolute atomic E-state index is 0.121. The lowest BCUT2D eigenvalue weighted by Gasteiger charge is -2.02. The first-order valence-corrected chi connectivity index (χ1v) is 5.85. The number of nitrogens with one attached hydrogen (secondary N) is 1. The fraction of sp³-hybridized carbons (Fsp3) is 0. The third-order valence-corrected chi connectivity index (χ3v) is 3.10. The van der Waals surface area contributed by atoms with Crippen LogP contribution in [0.4, 0.5) is 8.78 Å². The van der Waals surface area contributed by atoms with Crippen LogP contribution in [0.5, 0.6) is 0 Å². The van der Waals surface area contributed by atoms with Crippen LogP contribution in [0, 0.1) is 11.6 Å².